The van der Waals surface area contributed by atoms with E-state index in [4.69, 9.17) is 9.05 Å². The number of aliphatic hydroxyl groups excluding tert-OH is 1. The lowest BCUT2D eigenvalue weighted by Gasteiger charge is -2.25. The summed E-state index contributed by atoms with van der Waals surface area (Å²) in [7, 11) is 1.53. The molecule has 0 radical (unpaired) electrons. The summed E-state index contributed by atoms with van der Waals surface area (Å²) < 4.78 is 23.7. The van der Waals surface area contributed by atoms with Crippen molar-refractivity contribution in [3.8, 4) is 0 Å². The topological polar surface area (TPSA) is 105 Å². The van der Waals surface area contributed by atoms with Gasteiger partial charge in [0.25, 0.3) is 0 Å². The molecule has 3 atom stereocenters. The molecule has 0 aliphatic carbocycles. The maximum Gasteiger partial charge on any atom is 0.472 e. The average Bonchev–Trinajstić information content (AvgIpc) is 3.42. The van der Waals surface area contributed by atoms with Gasteiger partial charge in [0.05, 0.1) is 39.9 Å². The highest BCUT2D eigenvalue weighted by atomic mass is 31.2. The summed E-state index contributed by atoms with van der Waals surface area (Å²) >= 11 is 0. The SMILES string of the molecule is CC/C=C\C/C=C\C/C=C\C/C=C\C/C=C\C/C=C\C/C=C\C/C=C\C/C=C\C/C=C\CCCCCCCCC(=O)NC(COP(=O)(O)OCC[N+](C)(C)C)C(O)/C=C/CC/C=C/CCCCCCCCCCCCCCCC. The summed E-state index contributed by atoms with van der Waals surface area (Å²) in [6.45, 7) is 4.66. The molecular weight excluding hydrogens is 996 g/mol. The molecule has 0 rings (SSSR count). The number of hydrogen-bond acceptors (Lipinski definition) is 5. The molecule has 0 aromatic heterocycles. The molecule has 0 heterocycles. The number of nitrogens with zero attached hydrogens (tertiary/aromatic N) is 1. The van der Waals surface area contributed by atoms with Crippen molar-refractivity contribution in [3.63, 3.8) is 0 Å². The molecule has 0 aromatic carbocycles. The van der Waals surface area contributed by atoms with Crippen molar-refractivity contribution in [2.75, 3.05) is 40.9 Å². The number of phosphoric acid groups is 1. The number of amides is 1. The molecule has 3 N–H and O–H groups in total. The molecule has 0 aliphatic rings. The Bertz CT molecular complexity index is 1790. The zero-order valence-electron chi connectivity index (χ0n) is 51.3. The number of unbranched alkanes of at least 4 members (excludes halogenated alkanes) is 21. The van der Waals surface area contributed by atoms with Crippen LogP contribution in [0.4, 0.5) is 0 Å². The van der Waals surface area contributed by atoms with Gasteiger partial charge in [0, 0.05) is 6.42 Å². The van der Waals surface area contributed by atoms with Crippen LogP contribution in [0.3, 0.4) is 0 Å². The number of quaternary nitrogens is 1. The van der Waals surface area contributed by atoms with Crippen LogP contribution in [-0.4, -0.2) is 73.4 Å². The number of carbonyl (C=O) groups excluding carboxylic acids is 1. The Balaban J connectivity index is 4.25. The number of carbonyl (C=O) groups is 1. The number of allylic oxidation sites excluding steroid dienone is 23. The number of nitrogens with one attached hydrogen (secondary N) is 1. The molecule has 8 nitrogen and oxygen atoms in total. The fourth-order valence-corrected chi connectivity index (χ4v) is 9.12. The minimum Gasteiger partial charge on any atom is -0.387 e. The van der Waals surface area contributed by atoms with E-state index in [2.05, 4.69) is 153 Å². The van der Waals surface area contributed by atoms with Gasteiger partial charge in [-0.25, -0.2) is 4.57 Å². The van der Waals surface area contributed by atoms with E-state index in [-0.39, 0.29) is 19.1 Å². The van der Waals surface area contributed by atoms with Crippen molar-refractivity contribution in [3.05, 3.63) is 146 Å². The van der Waals surface area contributed by atoms with Gasteiger partial charge < -0.3 is 19.8 Å². The number of phosphoric ester groups is 1. The third kappa shape index (κ3) is 61.8. The largest absolute Gasteiger partial charge is 0.472 e. The van der Waals surface area contributed by atoms with Gasteiger partial charge in [-0.1, -0.05) is 269 Å². The first-order valence-electron chi connectivity index (χ1n) is 31.7. The molecule has 0 fully saturated rings. The van der Waals surface area contributed by atoms with Crippen molar-refractivity contribution in [1.29, 1.82) is 0 Å². The molecule has 0 saturated carbocycles. The maximum absolute atomic E-state index is 13.0. The van der Waals surface area contributed by atoms with Crippen molar-refractivity contribution >= 4 is 13.7 Å². The van der Waals surface area contributed by atoms with E-state index in [0.29, 0.717) is 17.4 Å². The lowest BCUT2D eigenvalue weighted by atomic mass is 10.0. The minimum absolute atomic E-state index is 0.0454. The summed E-state index contributed by atoms with van der Waals surface area (Å²) in [4.78, 5) is 23.3. The van der Waals surface area contributed by atoms with Gasteiger partial charge in [-0.15, -0.1) is 0 Å². The Hall–Kier alpha value is -3.62. The number of rotatable bonds is 56. The van der Waals surface area contributed by atoms with E-state index in [0.717, 1.165) is 128 Å². The molecular formula is C70H120N2O6P+. The molecule has 0 saturated heterocycles. The summed E-state index contributed by atoms with van der Waals surface area (Å²) in [5, 5.41) is 13.9. The molecule has 79 heavy (non-hydrogen) atoms. The van der Waals surface area contributed by atoms with Crippen LogP contribution in [0.2, 0.25) is 0 Å². The molecule has 0 aromatic rings. The minimum atomic E-state index is -4.37. The standard InChI is InChI=1S/C70H119N2O6P/c1-6-8-10-12-14-16-18-20-22-24-26-28-29-30-31-32-33-34-35-36-37-38-39-40-41-42-43-44-46-48-50-52-54-56-58-60-62-64-70(74)71-68(67-78-79(75,76)77-66-65-72(3,4)5)69(73)63-61-59-57-55-53-51-49-47-45-27-25-23-21-19-17-15-13-11-9-7-2/h8,10,14,16,20,22,26,28,30-31,33-34,36-37,39-40,42-43,46,48,53,55,61,63,68-69,73H,6-7,9,11-13,15,17-19,21,23-25,27,29,32,35,38,41,44-45,47,49-52,54,56-60,62,64-67H2,1-5H3,(H-,71,74,75,76)/p+1/b10-8-,16-14-,22-20-,28-26-,31-30-,34-33-,37-36-,40-39-,43-42-,48-46-,55-53+,63-61+. The first kappa shape index (κ1) is 75.4. The van der Waals surface area contributed by atoms with E-state index in [9.17, 15) is 19.4 Å². The molecule has 1 amide bonds. The van der Waals surface area contributed by atoms with Crippen LogP contribution in [-0.2, 0) is 18.4 Å². The van der Waals surface area contributed by atoms with Gasteiger partial charge in [-0.3, -0.25) is 13.8 Å². The van der Waals surface area contributed by atoms with Gasteiger partial charge in [0.2, 0.25) is 5.91 Å². The molecule has 450 valence electrons. The third-order valence-corrected chi connectivity index (χ3v) is 14.3. The molecule has 0 bridgehead atoms. The van der Waals surface area contributed by atoms with Crippen LogP contribution in [0.1, 0.15) is 239 Å². The Morgan fingerprint density at radius 1 is 0.443 bits per heavy atom. The Morgan fingerprint density at radius 3 is 1.16 bits per heavy atom. The fraction of sp³-hybridized carbons (Fsp3) is 0.643. The van der Waals surface area contributed by atoms with E-state index >= 15 is 0 Å². The van der Waals surface area contributed by atoms with Crippen molar-refractivity contribution < 1.29 is 32.9 Å². The summed E-state index contributed by atoms with van der Waals surface area (Å²) in [6.07, 6.45) is 91.1. The van der Waals surface area contributed by atoms with Gasteiger partial charge in [-0.05, 0) is 109 Å². The third-order valence-electron chi connectivity index (χ3n) is 13.3. The van der Waals surface area contributed by atoms with Crippen LogP contribution in [0.15, 0.2) is 146 Å². The second kappa shape index (κ2) is 59.0. The summed E-state index contributed by atoms with van der Waals surface area (Å²) in [5.41, 5.74) is 0. The zero-order valence-corrected chi connectivity index (χ0v) is 52.2. The average molecular weight is 1120 g/mol. The van der Waals surface area contributed by atoms with Crippen LogP contribution < -0.4 is 5.32 Å². The Labute approximate surface area is 487 Å². The molecule has 0 spiro atoms. The Kier molecular flexibility index (Phi) is 56.3. The molecule has 0 aliphatic heterocycles. The highest BCUT2D eigenvalue weighted by molar-refractivity contribution is 7.47. The van der Waals surface area contributed by atoms with Crippen LogP contribution >= 0.6 is 7.82 Å². The smallest absolute Gasteiger partial charge is 0.387 e. The fourth-order valence-electron chi connectivity index (χ4n) is 8.38. The maximum atomic E-state index is 13.0. The van der Waals surface area contributed by atoms with E-state index in [1.54, 1.807) is 6.08 Å². The van der Waals surface area contributed by atoms with Crippen molar-refractivity contribution in [1.82, 2.24) is 5.32 Å². The number of hydrogen-bond donors (Lipinski definition) is 3. The molecule has 3 unspecified atom stereocenters. The second-order valence-electron chi connectivity index (χ2n) is 22.0. The monoisotopic (exact) mass is 1120 g/mol. The predicted octanol–water partition coefficient (Wildman–Crippen LogP) is 20.0. The lowest BCUT2D eigenvalue weighted by Crippen LogP contribution is -2.45. The Morgan fingerprint density at radius 2 is 0.772 bits per heavy atom. The van der Waals surface area contributed by atoms with Gasteiger partial charge in [0.15, 0.2) is 0 Å². The second-order valence-corrected chi connectivity index (χ2v) is 23.5. The number of aliphatic hydroxyl groups is 1. The zero-order chi connectivity index (χ0) is 57.7. The summed E-state index contributed by atoms with van der Waals surface area (Å²) in [5.74, 6) is -0.207. The van der Waals surface area contributed by atoms with Crippen LogP contribution in [0, 0.1) is 0 Å². The van der Waals surface area contributed by atoms with Gasteiger partial charge in [-0.2, -0.15) is 0 Å². The summed E-state index contributed by atoms with van der Waals surface area (Å²) in [6, 6.07) is -0.883. The predicted molar refractivity (Wildman–Crippen MR) is 345 cm³/mol. The van der Waals surface area contributed by atoms with Crippen molar-refractivity contribution in [2.45, 2.75) is 251 Å². The van der Waals surface area contributed by atoms with Crippen LogP contribution in [0.5, 0.6) is 0 Å². The van der Waals surface area contributed by atoms with Crippen LogP contribution in [0.25, 0.3) is 0 Å². The van der Waals surface area contributed by atoms with Gasteiger partial charge >= 0.3 is 7.82 Å². The van der Waals surface area contributed by atoms with E-state index in [1.807, 2.05) is 27.2 Å². The first-order valence-corrected chi connectivity index (χ1v) is 33.2. The highest BCUT2D eigenvalue weighted by Gasteiger charge is 2.27. The van der Waals surface area contributed by atoms with Gasteiger partial charge in [0.1, 0.15) is 13.2 Å². The highest BCUT2D eigenvalue weighted by Crippen LogP contribution is 2.43. The van der Waals surface area contributed by atoms with E-state index < -0.39 is 20.0 Å². The van der Waals surface area contributed by atoms with E-state index in [1.165, 1.54) is 89.9 Å². The van der Waals surface area contributed by atoms with Crippen molar-refractivity contribution in [2.24, 2.45) is 0 Å². The number of likely N-dealkylation sites (N-methyl/N-ethyl adjacent to an activating group) is 1. The normalized spacial score (nSPS) is 14.8. The quantitative estimate of drug-likeness (QED) is 0.0243. The lowest BCUT2D eigenvalue weighted by molar-refractivity contribution is -0.870. The first-order chi connectivity index (χ1) is 38.5. The molecule has 9 heteroatoms.